The van der Waals surface area contributed by atoms with Crippen LogP contribution in [0.25, 0.3) is 0 Å². The van der Waals surface area contributed by atoms with E-state index in [1.54, 1.807) is 0 Å². The molecule has 2 N–H and O–H groups in total. The number of hydrogen-bond donors (Lipinski definition) is 2. The van der Waals surface area contributed by atoms with Gasteiger partial charge in [0.1, 0.15) is 0 Å². The van der Waals surface area contributed by atoms with Gasteiger partial charge in [0.05, 0.1) is 0 Å². The Kier molecular flexibility index (Phi) is 30.4. The normalized spacial score (nSPS) is 9.79. The van der Waals surface area contributed by atoms with Gasteiger partial charge in [0.15, 0.2) is 0 Å². The molecule has 0 aliphatic heterocycles. The van der Waals surface area contributed by atoms with E-state index < -0.39 is 0 Å². The summed E-state index contributed by atoms with van der Waals surface area (Å²) >= 11 is 0. The average molecular weight is 315 g/mol. The van der Waals surface area contributed by atoms with Gasteiger partial charge in [-0.2, -0.15) is 0 Å². The quantitative estimate of drug-likeness (QED) is 0.338. The Morgan fingerprint density at radius 3 is 1.37 bits per heavy atom. The average Bonchev–Trinajstić information content (AvgIpc) is 2.35. The van der Waals surface area contributed by atoms with Gasteiger partial charge < -0.3 is 0 Å². The Hall–Kier alpha value is 0.500. The molecule has 0 amide bonds. The number of rotatable bonds is 14. The first-order valence-corrected chi connectivity index (χ1v) is 7.87. The summed E-state index contributed by atoms with van der Waals surface area (Å²) in [5.41, 5.74) is 6.48. The van der Waals surface area contributed by atoms with Crippen molar-refractivity contribution in [3.8, 4) is 0 Å². The topological polar surface area (TPSA) is 24.1 Å². The minimum Gasteiger partial charge on any atom is -0.258 e. The van der Waals surface area contributed by atoms with Crippen molar-refractivity contribution in [2.24, 2.45) is 0 Å². The van der Waals surface area contributed by atoms with E-state index in [0.29, 0.717) is 0 Å². The number of unbranched alkanes of at least 4 members (excludes halogenated alkanes) is 9. The lowest BCUT2D eigenvalue weighted by Crippen LogP contribution is -2.32. The lowest BCUT2D eigenvalue weighted by atomic mass is 10.1. The zero-order valence-electron chi connectivity index (χ0n) is 13.0. The van der Waals surface area contributed by atoms with Crippen LogP contribution in [0, 0.1) is 0 Å². The minimum absolute atomic E-state index is 0. The van der Waals surface area contributed by atoms with Crippen LogP contribution in [0.1, 0.15) is 84.5 Å². The molecule has 0 saturated carbocycles. The molecule has 0 aromatic rings. The van der Waals surface area contributed by atoms with Crippen LogP contribution in [0.5, 0.6) is 0 Å². The largest absolute Gasteiger partial charge is 0.258 e. The molecule has 0 aliphatic rings. The summed E-state index contributed by atoms with van der Waals surface area (Å²) in [5, 5.41) is 0. The van der Waals surface area contributed by atoms with Gasteiger partial charge in [-0.1, -0.05) is 71.6 Å². The second-order valence-electron chi connectivity index (χ2n) is 5.04. The summed E-state index contributed by atoms with van der Waals surface area (Å²) in [4.78, 5) is 0. The lowest BCUT2D eigenvalue weighted by Gasteiger charge is -2.05. The first kappa shape index (κ1) is 24.5. The smallest absolute Gasteiger partial charge is 0.00997 e. The lowest BCUT2D eigenvalue weighted by molar-refractivity contribution is 0.495. The van der Waals surface area contributed by atoms with Crippen molar-refractivity contribution in [1.29, 1.82) is 0 Å². The monoisotopic (exact) mass is 314 g/mol. The molecule has 0 saturated heterocycles. The molecule has 19 heavy (non-hydrogen) atoms. The molecule has 0 aromatic carbocycles. The van der Waals surface area contributed by atoms with Gasteiger partial charge in [0.2, 0.25) is 0 Å². The van der Waals surface area contributed by atoms with Crippen molar-refractivity contribution < 1.29 is 0 Å². The fraction of sp³-hybridized carbons (Fsp3) is 1.00. The molecular formula is C15H36Cl2N2. The van der Waals surface area contributed by atoms with E-state index in [-0.39, 0.29) is 24.8 Å². The van der Waals surface area contributed by atoms with Gasteiger partial charge in [-0.25, -0.2) is 0 Å². The predicted molar refractivity (Wildman–Crippen MR) is 92.6 cm³/mol. The Balaban J connectivity index is -0.00000128. The summed E-state index contributed by atoms with van der Waals surface area (Å²) in [6.07, 6.45) is 15.3. The third-order valence-electron chi connectivity index (χ3n) is 3.16. The molecule has 4 heteroatoms. The van der Waals surface area contributed by atoms with E-state index in [1.165, 1.54) is 70.6 Å². The van der Waals surface area contributed by atoms with Crippen LogP contribution >= 0.6 is 24.8 Å². The molecule has 0 bridgehead atoms. The minimum atomic E-state index is 0. The zero-order valence-corrected chi connectivity index (χ0v) is 14.6. The second-order valence-corrected chi connectivity index (χ2v) is 5.04. The molecule has 0 atom stereocenters. The molecule has 120 valence electrons. The van der Waals surface area contributed by atoms with Crippen molar-refractivity contribution in [2.75, 3.05) is 13.1 Å². The number of halogens is 2. The van der Waals surface area contributed by atoms with Crippen molar-refractivity contribution >= 4 is 24.8 Å². The van der Waals surface area contributed by atoms with E-state index >= 15 is 0 Å². The molecular weight excluding hydrogens is 279 g/mol. The highest BCUT2D eigenvalue weighted by Gasteiger charge is 1.92. The highest BCUT2D eigenvalue weighted by atomic mass is 35.5. The summed E-state index contributed by atoms with van der Waals surface area (Å²) in [6.45, 7) is 6.67. The van der Waals surface area contributed by atoms with Crippen molar-refractivity contribution in [3.63, 3.8) is 0 Å². The molecule has 0 heterocycles. The van der Waals surface area contributed by atoms with Crippen molar-refractivity contribution in [2.45, 2.75) is 84.5 Å². The Morgan fingerprint density at radius 2 is 0.895 bits per heavy atom. The Labute approximate surface area is 133 Å². The van der Waals surface area contributed by atoms with Gasteiger partial charge in [0.25, 0.3) is 0 Å². The van der Waals surface area contributed by atoms with Gasteiger partial charge >= 0.3 is 0 Å². The van der Waals surface area contributed by atoms with Crippen LogP contribution in [0.2, 0.25) is 0 Å². The summed E-state index contributed by atoms with van der Waals surface area (Å²) in [7, 11) is 0. The highest BCUT2D eigenvalue weighted by Crippen LogP contribution is 2.09. The molecule has 0 aromatic heterocycles. The van der Waals surface area contributed by atoms with E-state index in [2.05, 4.69) is 24.7 Å². The number of hydrogen-bond acceptors (Lipinski definition) is 2. The maximum atomic E-state index is 3.26. The molecule has 0 aliphatic carbocycles. The molecule has 0 unspecified atom stereocenters. The van der Waals surface area contributed by atoms with Gasteiger partial charge in [-0.05, 0) is 12.8 Å². The van der Waals surface area contributed by atoms with Gasteiger partial charge in [0, 0.05) is 13.1 Å². The maximum absolute atomic E-state index is 3.26. The molecule has 0 rings (SSSR count). The number of nitrogens with one attached hydrogen (secondary N) is 2. The van der Waals surface area contributed by atoms with Crippen LogP contribution in [-0.2, 0) is 0 Å². The summed E-state index contributed by atoms with van der Waals surface area (Å²) in [6, 6.07) is 0. The van der Waals surface area contributed by atoms with Crippen molar-refractivity contribution in [3.05, 3.63) is 0 Å². The zero-order chi connectivity index (χ0) is 12.6. The van der Waals surface area contributed by atoms with Crippen LogP contribution in [0.15, 0.2) is 0 Å². The Morgan fingerprint density at radius 1 is 0.474 bits per heavy atom. The van der Waals surface area contributed by atoms with Crippen LogP contribution in [-0.4, -0.2) is 13.1 Å². The molecule has 0 radical (unpaired) electrons. The summed E-state index contributed by atoms with van der Waals surface area (Å²) < 4.78 is 0. The van der Waals surface area contributed by atoms with Crippen molar-refractivity contribution in [1.82, 2.24) is 10.9 Å². The second kappa shape index (κ2) is 23.6. The van der Waals surface area contributed by atoms with E-state index in [1.807, 2.05) is 0 Å². The Bertz CT molecular complexity index is 121. The number of hydrazine groups is 1. The third-order valence-corrected chi connectivity index (χ3v) is 3.16. The predicted octanol–water partition coefficient (Wildman–Crippen LogP) is 5.26. The fourth-order valence-electron chi connectivity index (χ4n) is 2.00. The van der Waals surface area contributed by atoms with Crippen LogP contribution in [0.3, 0.4) is 0 Å². The SMILES string of the molecule is CCCCCCCCCCCCNNCCC.Cl.Cl. The van der Waals surface area contributed by atoms with Crippen LogP contribution < -0.4 is 10.9 Å². The van der Waals surface area contributed by atoms with E-state index in [9.17, 15) is 0 Å². The first-order chi connectivity index (χ1) is 8.41. The third kappa shape index (κ3) is 24.0. The van der Waals surface area contributed by atoms with E-state index in [4.69, 9.17) is 0 Å². The molecule has 0 spiro atoms. The van der Waals surface area contributed by atoms with Crippen LogP contribution in [0.4, 0.5) is 0 Å². The standard InChI is InChI=1S/C15H34N2.2ClH/c1-3-5-6-7-8-9-10-11-12-13-15-17-16-14-4-2;;/h16-17H,3-15H2,1-2H3;2*1H. The summed E-state index contributed by atoms with van der Waals surface area (Å²) in [5.74, 6) is 0. The van der Waals surface area contributed by atoms with E-state index in [0.717, 1.165) is 13.1 Å². The highest BCUT2D eigenvalue weighted by molar-refractivity contribution is 5.85. The first-order valence-electron chi connectivity index (χ1n) is 7.87. The molecule has 0 fully saturated rings. The fourth-order valence-corrected chi connectivity index (χ4v) is 2.00. The maximum Gasteiger partial charge on any atom is 0.00997 e. The van der Waals surface area contributed by atoms with Gasteiger partial charge in [-0.3, -0.25) is 10.9 Å². The molecule has 2 nitrogen and oxygen atoms in total. The van der Waals surface area contributed by atoms with Gasteiger partial charge in [-0.15, -0.1) is 24.8 Å².